The highest BCUT2D eigenvalue weighted by Crippen LogP contribution is 2.40. The molecule has 0 amide bonds. The lowest BCUT2D eigenvalue weighted by Gasteiger charge is -2.50. The molecule has 0 bridgehead atoms. The number of anilines is 1. The summed E-state index contributed by atoms with van der Waals surface area (Å²) in [6.07, 6.45) is 5.29. The molecular formula is C16H21B2BrN2O2. The Morgan fingerprint density at radius 1 is 1.30 bits per heavy atom. The lowest BCUT2D eigenvalue weighted by Crippen LogP contribution is -2.59. The van der Waals surface area contributed by atoms with E-state index >= 15 is 0 Å². The molecule has 2 rings (SSSR count). The first kappa shape index (κ1) is 18.4. The van der Waals surface area contributed by atoms with Gasteiger partial charge in [-0.1, -0.05) is 49.0 Å². The smallest absolute Gasteiger partial charge is 0.293 e. The van der Waals surface area contributed by atoms with Gasteiger partial charge in [0.2, 0.25) is 0 Å². The second-order valence-electron chi connectivity index (χ2n) is 6.59. The largest absolute Gasteiger partial charge is 0.374 e. The first-order chi connectivity index (χ1) is 10.7. The first-order valence-corrected chi connectivity index (χ1v) is 8.85. The average molecular weight is 375 g/mol. The summed E-state index contributed by atoms with van der Waals surface area (Å²) < 4.78 is 0.667. The molecule has 0 spiro atoms. The van der Waals surface area contributed by atoms with Crippen LogP contribution in [-0.2, 0) is 0 Å². The Hall–Kier alpha value is -0.970. The van der Waals surface area contributed by atoms with E-state index in [4.69, 9.17) is 15.7 Å². The van der Waals surface area contributed by atoms with Crippen molar-refractivity contribution in [3.63, 3.8) is 0 Å². The minimum absolute atomic E-state index is 0.0332. The van der Waals surface area contributed by atoms with Gasteiger partial charge >= 0.3 is 0 Å². The van der Waals surface area contributed by atoms with E-state index in [1.807, 2.05) is 18.7 Å². The van der Waals surface area contributed by atoms with Gasteiger partial charge in [-0.15, -0.1) is 0 Å². The van der Waals surface area contributed by atoms with Crippen molar-refractivity contribution in [3.8, 4) is 0 Å². The van der Waals surface area contributed by atoms with Crippen LogP contribution in [0, 0.1) is 16.0 Å². The maximum Gasteiger partial charge on any atom is 0.293 e. The van der Waals surface area contributed by atoms with E-state index in [-0.39, 0.29) is 22.6 Å². The van der Waals surface area contributed by atoms with Gasteiger partial charge in [0, 0.05) is 16.6 Å². The molecule has 0 atom stereocenters. The number of rotatable bonds is 5. The molecule has 0 N–H and O–H groups in total. The molecule has 1 aliphatic rings. The van der Waals surface area contributed by atoms with E-state index in [1.165, 1.54) is 12.5 Å². The number of nitro groups is 1. The monoisotopic (exact) mass is 374 g/mol. The third-order valence-corrected chi connectivity index (χ3v) is 5.17. The first-order valence-electron chi connectivity index (χ1n) is 8.06. The van der Waals surface area contributed by atoms with Gasteiger partial charge in [0.25, 0.3) is 5.69 Å². The fourth-order valence-corrected chi connectivity index (χ4v) is 3.53. The summed E-state index contributed by atoms with van der Waals surface area (Å²) in [6, 6.07) is 5.19. The molecule has 0 aromatic heterocycles. The Bertz CT molecular complexity index is 575. The number of nitrogens with zero attached hydrogens (tertiary/aromatic N) is 2. The van der Waals surface area contributed by atoms with Crippen LogP contribution in [0.5, 0.6) is 0 Å². The van der Waals surface area contributed by atoms with E-state index in [0.29, 0.717) is 10.2 Å². The molecule has 4 nitrogen and oxygen atoms in total. The van der Waals surface area contributed by atoms with Crippen LogP contribution in [-0.4, -0.2) is 32.0 Å². The van der Waals surface area contributed by atoms with Crippen LogP contribution in [0.4, 0.5) is 11.4 Å². The minimum Gasteiger partial charge on any atom is -0.374 e. The van der Waals surface area contributed by atoms with E-state index in [0.717, 1.165) is 25.7 Å². The maximum atomic E-state index is 11.5. The van der Waals surface area contributed by atoms with Crippen molar-refractivity contribution in [2.75, 3.05) is 4.90 Å². The summed E-state index contributed by atoms with van der Waals surface area (Å²) >= 11 is 3.30. The standard InChI is InChI=1S/C16H21B2BrN2O2/c1-11(2)16(17,18)20(13-6-4-3-5-7-13)14-9-8-12(19)10-15(14)21(22)23/h8-11,13H,3-7H2,1-2H3. The molecule has 4 radical (unpaired) electrons. The molecule has 7 heteroatoms. The third kappa shape index (κ3) is 3.93. The summed E-state index contributed by atoms with van der Waals surface area (Å²) in [4.78, 5) is 13.1. The molecule has 23 heavy (non-hydrogen) atoms. The van der Waals surface area contributed by atoms with Gasteiger partial charge in [-0.3, -0.25) is 10.1 Å². The van der Waals surface area contributed by atoms with E-state index in [1.54, 1.807) is 12.1 Å². The van der Waals surface area contributed by atoms with Gasteiger partial charge in [0.15, 0.2) is 0 Å². The molecular weight excluding hydrogens is 354 g/mol. The molecule has 0 aliphatic heterocycles. The van der Waals surface area contributed by atoms with Gasteiger partial charge in [0.1, 0.15) is 5.69 Å². The molecule has 1 aliphatic carbocycles. The highest BCUT2D eigenvalue weighted by molar-refractivity contribution is 9.10. The highest BCUT2D eigenvalue weighted by atomic mass is 79.9. The van der Waals surface area contributed by atoms with Crippen LogP contribution in [0.2, 0.25) is 0 Å². The van der Waals surface area contributed by atoms with E-state index in [2.05, 4.69) is 15.9 Å². The molecule has 0 heterocycles. The Kier molecular flexibility index (Phi) is 5.82. The Morgan fingerprint density at radius 3 is 2.43 bits per heavy atom. The van der Waals surface area contributed by atoms with Crippen LogP contribution in [0.3, 0.4) is 0 Å². The zero-order chi connectivity index (χ0) is 17.2. The molecule has 0 unspecified atom stereocenters. The number of nitro benzene ring substituents is 1. The Labute approximate surface area is 149 Å². The van der Waals surface area contributed by atoms with Gasteiger partial charge in [-0.25, -0.2) is 0 Å². The van der Waals surface area contributed by atoms with E-state index in [9.17, 15) is 10.1 Å². The second-order valence-corrected chi connectivity index (χ2v) is 7.51. The van der Waals surface area contributed by atoms with Crippen LogP contribution >= 0.6 is 15.9 Å². The fraction of sp³-hybridized carbons (Fsp3) is 0.625. The van der Waals surface area contributed by atoms with Crippen molar-refractivity contribution in [2.24, 2.45) is 5.92 Å². The number of hydrogen-bond acceptors (Lipinski definition) is 3. The molecule has 120 valence electrons. The fourth-order valence-electron chi connectivity index (χ4n) is 3.19. The lowest BCUT2D eigenvalue weighted by molar-refractivity contribution is -0.384. The van der Waals surface area contributed by atoms with Crippen molar-refractivity contribution in [3.05, 3.63) is 32.8 Å². The number of hydrogen-bond donors (Lipinski definition) is 0. The normalized spacial score (nSPS) is 16.5. The van der Waals surface area contributed by atoms with Crippen molar-refractivity contribution >= 4 is 43.0 Å². The molecule has 1 aromatic carbocycles. The van der Waals surface area contributed by atoms with E-state index < -0.39 is 5.34 Å². The summed E-state index contributed by atoms with van der Waals surface area (Å²) in [5.41, 5.74) is 0.537. The number of benzene rings is 1. The molecule has 1 aromatic rings. The molecule has 1 saturated carbocycles. The quantitative estimate of drug-likeness (QED) is 0.442. The van der Waals surface area contributed by atoms with Crippen LogP contribution in [0.25, 0.3) is 0 Å². The highest BCUT2D eigenvalue weighted by Gasteiger charge is 2.37. The van der Waals surface area contributed by atoms with Crippen molar-refractivity contribution in [1.82, 2.24) is 0 Å². The van der Waals surface area contributed by atoms with Gasteiger partial charge in [-0.2, -0.15) is 0 Å². The summed E-state index contributed by atoms with van der Waals surface area (Å²) in [6.45, 7) is 3.89. The lowest BCUT2D eigenvalue weighted by atomic mass is 9.54. The number of halogens is 1. The topological polar surface area (TPSA) is 46.4 Å². The third-order valence-electron chi connectivity index (χ3n) is 4.68. The molecule has 1 fully saturated rings. The summed E-state index contributed by atoms with van der Waals surface area (Å²) in [7, 11) is 12.9. The zero-order valence-electron chi connectivity index (χ0n) is 13.7. The zero-order valence-corrected chi connectivity index (χ0v) is 15.3. The summed E-state index contributed by atoms with van der Waals surface area (Å²) in [5, 5.41) is 10.4. The Balaban J connectivity index is 2.55. The maximum absolute atomic E-state index is 11.5. The van der Waals surface area contributed by atoms with Gasteiger partial charge in [0.05, 0.1) is 20.6 Å². The van der Waals surface area contributed by atoms with Crippen molar-refractivity contribution in [2.45, 2.75) is 57.3 Å². The van der Waals surface area contributed by atoms with Crippen molar-refractivity contribution in [1.29, 1.82) is 0 Å². The Morgan fingerprint density at radius 2 is 1.91 bits per heavy atom. The molecule has 0 saturated heterocycles. The minimum atomic E-state index is -1.14. The van der Waals surface area contributed by atoms with Gasteiger partial charge < -0.3 is 4.90 Å². The SMILES string of the molecule is [B]C([B])(C(C)C)N(c1ccc(Br)cc1[N+](=O)[O-])C1CCCCC1. The van der Waals surface area contributed by atoms with Crippen LogP contribution in [0.1, 0.15) is 46.0 Å². The van der Waals surface area contributed by atoms with Crippen molar-refractivity contribution < 1.29 is 4.92 Å². The van der Waals surface area contributed by atoms with Crippen LogP contribution < -0.4 is 4.90 Å². The second kappa shape index (κ2) is 7.29. The van der Waals surface area contributed by atoms with Crippen LogP contribution in [0.15, 0.2) is 22.7 Å². The predicted molar refractivity (Wildman–Crippen MR) is 99.2 cm³/mol. The van der Waals surface area contributed by atoms with Gasteiger partial charge in [-0.05, 0) is 36.2 Å². The summed E-state index contributed by atoms with van der Waals surface area (Å²) in [5.74, 6) is -0.0484. The average Bonchev–Trinajstić information content (AvgIpc) is 2.49. The predicted octanol–water partition coefficient (Wildman–Crippen LogP) is 4.14.